The summed E-state index contributed by atoms with van der Waals surface area (Å²) < 4.78 is 6.23. The zero-order chi connectivity index (χ0) is 13.2. The van der Waals surface area contributed by atoms with Gasteiger partial charge in [-0.1, -0.05) is 24.3 Å². The van der Waals surface area contributed by atoms with Crippen molar-refractivity contribution < 1.29 is 4.74 Å². The molecule has 0 radical (unpaired) electrons. The molecule has 3 heteroatoms. The standard InChI is InChI=1S/C16H12O2S/c1-18-12-6-4-5-11(9-12)16-10-14(17)13-7-2-3-8-15(13)19-16/h2-10H,1H3. The first-order chi connectivity index (χ1) is 9.28. The zero-order valence-electron chi connectivity index (χ0n) is 10.4. The van der Waals surface area contributed by atoms with Crippen molar-refractivity contribution in [2.24, 2.45) is 0 Å². The minimum absolute atomic E-state index is 0.0622. The Morgan fingerprint density at radius 2 is 1.84 bits per heavy atom. The molecule has 0 saturated carbocycles. The molecule has 1 heterocycles. The lowest BCUT2D eigenvalue weighted by Gasteiger charge is -2.05. The van der Waals surface area contributed by atoms with Crippen LogP contribution in [0.4, 0.5) is 0 Å². The van der Waals surface area contributed by atoms with Gasteiger partial charge in [-0.15, -0.1) is 11.3 Å². The van der Waals surface area contributed by atoms with E-state index < -0.39 is 0 Å². The average Bonchev–Trinajstić information content (AvgIpc) is 2.47. The Kier molecular flexibility index (Phi) is 3.05. The molecular formula is C16H12O2S. The summed E-state index contributed by atoms with van der Waals surface area (Å²) in [5.74, 6) is 0.797. The molecule has 0 saturated heterocycles. The topological polar surface area (TPSA) is 26.3 Å². The van der Waals surface area contributed by atoms with Crippen LogP contribution in [0.15, 0.2) is 59.4 Å². The van der Waals surface area contributed by atoms with Gasteiger partial charge >= 0.3 is 0 Å². The van der Waals surface area contributed by atoms with Crippen LogP contribution < -0.4 is 10.2 Å². The number of ether oxygens (including phenoxy) is 1. The Morgan fingerprint density at radius 1 is 1.00 bits per heavy atom. The lowest BCUT2D eigenvalue weighted by molar-refractivity contribution is 0.415. The van der Waals surface area contributed by atoms with Gasteiger partial charge in [0.1, 0.15) is 5.75 Å². The monoisotopic (exact) mass is 268 g/mol. The van der Waals surface area contributed by atoms with Gasteiger partial charge in [-0.05, 0) is 29.8 Å². The molecule has 94 valence electrons. The highest BCUT2D eigenvalue weighted by molar-refractivity contribution is 7.21. The van der Waals surface area contributed by atoms with Crippen molar-refractivity contribution in [2.45, 2.75) is 0 Å². The molecule has 0 N–H and O–H groups in total. The fourth-order valence-electron chi connectivity index (χ4n) is 2.02. The minimum Gasteiger partial charge on any atom is -0.497 e. The van der Waals surface area contributed by atoms with Crippen LogP contribution in [0.1, 0.15) is 0 Å². The lowest BCUT2D eigenvalue weighted by Crippen LogP contribution is -1.98. The van der Waals surface area contributed by atoms with Gasteiger partial charge in [0.15, 0.2) is 5.43 Å². The molecule has 0 fully saturated rings. The van der Waals surface area contributed by atoms with E-state index in [0.29, 0.717) is 0 Å². The predicted molar refractivity (Wildman–Crippen MR) is 80.1 cm³/mol. The quantitative estimate of drug-likeness (QED) is 0.703. The zero-order valence-corrected chi connectivity index (χ0v) is 11.2. The summed E-state index contributed by atoms with van der Waals surface area (Å²) in [6.07, 6.45) is 0. The van der Waals surface area contributed by atoms with Crippen LogP contribution in [-0.2, 0) is 0 Å². The van der Waals surface area contributed by atoms with E-state index in [-0.39, 0.29) is 5.43 Å². The van der Waals surface area contributed by atoms with Gasteiger partial charge in [0.2, 0.25) is 0 Å². The Bertz CT molecular complexity index is 790. The third-order valence-electron chi connectivity index (χ3n) is 2.99. The SMILES string of the molecule is COc1cccc(-c2cc(=O)c3ccccc3s2)c1. The smallest absolute Gasteiger partial charge is 0.188 e. The molecule has 0 aliphatic heterocycles. The largest absolute Gasteiger partial charge is 0.497 e. The number of hydrogen-bond donors (Lipinski definition) is 0. The number of fused-ring (bicyclic) bond motifs is 1. The first-order valence-electron chi connectivity index (χ1n) is 5.95. The molecule has 2 nitrogen and oxygen atoms in total. The molecule has 0 atom stereocenters. The van der Waals surface area contributed by atoms with Gasteiger partial charge in [-0.25, -0.2) is 0 Å². The number of hydrogen-bond acceptors (Lipinski definition) is 3. The molecule has 0 unspecified atom stereocenters. The van der Waals surface area contributed by atoms with Gasteiger partial charge in [0, 0.05) is 21.0 Å². The number of benzene rings is 2. The molecule has 19 heavy (non-hydrogen) atoms. The molecule has 0 bridgehead atoms. The summed E-state index contributed by atoms with van der Waals surface area (Å²) in [5.41, 5.74) is 1.07. The normalized spacial score (nSPS) is 10.6. The summed E-state index contributed by atoms with van der Waals surface area (Å²) in [4.78, 5) is 13.1. The maximum Gasteiger partial charge on any atom is 0.188 e. The van der Waals surface area contributed by atoms with Crippen LogP contribution in [0.3, 0.4) is 0 Å². The second-order valence-electron chi connectivity index (χ2n) is 4.20. The van der Waals surface area contributed by atoms with Gasteiger partial charge < -0.3 is 4.74 Å². The van der Waals surface area contributed by atoms with Crippen molar-refractivity contribution >= 4 is 21.4 Å². The second-order valence-corrected chi connectivity index (χ2v) is 5.29. The summed E-state index contributed by atoms with van der Waals surface area (Å²) in [7, 11) is 1.64. The van der Waals surface area contributed by atoms with Crippen LogP contribution in [0.5, 0.6) is 5.75 Å². The van der Waals surface area contributed by atoms with Crippen molar-refractivity contribution in [3.8, 4) is 16.2 Å². The average molecular weight is 268 g/mol. The van der Waals surface area contributed by atoms with Crippen LogP contribution in [-0.4, -0.2) is 7.11 Å². The van der Waals surface area contributed by atoms with Crippen LogP contribution >= 0.6 is 11.3 Å². The fraction of sp³-hybridized carbons (Fsp3) is 0.0625. The molecule has 3 aromatic rings. The van der Waals surface area contributed by atoms with E-state index in [1.807, 2.05) is 48.5 Å². The highest BCUT2D eigenvalue weighted by Crippen LogP contribution is 2.29. The van der Waals surface area contributed by atoms with Crippen LogP contribution in [0, 0.1) is 0 Å². The van der Waals surface area contributed by atoms with Crippen molar-refractivity contribution in [1.29, 1.82) is 0 Å². The van der Waals surface area contributed by atoms with E-state index in [1.54, 1.807) is 24.5 Å². The number of methoxy groups -OCH3 is 1. The van der Waals surface area contributed by atoms with Crippen molar-refractivity contribution in [3.05, 3.63) is 64.8 Å². The Labute approximate surface area is 114 Å². The van der Waals surface area contributed by atoms with E-state index in [4.69, 9.17) is 4.74 Å². The Morgan fingerprint density at radius 3 is 2.68 bits per heavy atom. The second kappa shape index (κ2) is 4.86. The van der Waals surface area contributed by atoms with Crippen LogP contribution in [0.2, 0.25) is 0 Å². The first kappa shape index (κ1) is 11.9. The number of rotatable bonds is 2. The van der Waals surface area contributed by atoms with E-state index in [9.17, 15) is 4.79 Å². The molecule has 0 spiro atoms. The van der Waals surface area contributed by atoms with Gasteiger partial charge in [0.25, 0.3) is 0 Å². The van der Waals surface area contributed by atoms with Gasteiger partial charge in [-0.3, -0.25) is 4.79 Å². The van der Waals surface area contributed by atoms with Gasteiger partial charge in [0.05, 0.1) is 7.11 Å². The highest BCUT2D eigenvalue weighted by Gasteiger charge is 2.05. The first-order valence-corrected chi connectivity index (χ1v) is 6.77. The van der Waals surface area contributed by atoms with E-state index in [2.05, 4.69) is 0 Å². The Hall–Kier alpha value is -2.13. The van der Waals surface area contributed by atoms with Gasteiger partial charge in [-0.2, -0.15) is 0 Å². The third kappa shape index (κ3) is 2.25. The predicted octanol–water partition coefficient (Wildman–Crippen LogP) is 3.94. The van der Waals surface area contributed by atoms with Crippen molar-refractivity contribution in [3.63, 3.8) is 0 Å². The molecule has 1 aromatic heterocycles. The maximum absolute atomic E-state index is 12.1. The maximum atomic E-state index is 12.1. The summed E-state index contributed by atoms with van der Waals surface area (Å²) in [6, 6.07) is 17.1. The molecule has 0 aliphatic carbocycles. The van der Waals surface area contributed by atoms with Crippen molar-refractivity contribution in [2.75, 3.05) is 7.11 Å². The van der Waals surface area contributed by atoms with Crippen LogP contribution in [0.25, 0.3) is 20.5 Å². The highest BCUT2D eigenvalue weighted by atomic mass is 32.1. The molecular weight excluding hydrogens is 256 g/mol. The fourth-order valence-corrected chi connectivity index (χ4v) is 3.10. The summed E-state index contributed by atoms with van der Waals surface area (Å²) in [6.45, 7) is 0. The van der Waals surface area contributed by atoms with Crippen molar-refractivity contribution in [1.82, 2.24) is 0 Å². The molecule has 3 rings (SSSR count). The third-order valence-corrected chi connectivity index (χ3v) is 4.14. The minimum atomic E-state index is 0.0622. The summed E-state index contributed by atoms with van der Waals surface area (Å²) >= 11 is 1.62. The van der Waals surface area contributed by atoms with E-state index in [1.165, 1.54) is 0 Å². The van der Waals surface area contributed by atoms with E-state index >= 15 is 0 Å². The van der Waals surface area contributed by atoms with E-state index in [0.717, 1.165) is 26.3 Å². The molecule has 0 aliphatic rings. The molecule has 2 aromatic carbocycles. The lowest BCUT2D eigenvalue weighted by atomic mass is 10.1. The molecule has 0 amide bonds. The summed E-state index contributed by atoms with van der Waals surface area (Å²) in [5, 5.41) is 0.777. The Balaban J connectivity index is 2.22.